The minimum absolute atomic E-state index is 0.00990. The van der Waals surface area contributed by atoms with E-state index in [-0.39, 0.29) is 5.41 Å². The fourth-order valence-electron chi connectivity index (χ4n) is 3.90. The molecule has 1 N–H and O–H groups in total. The summed E-state index contributed by atoms with van der Waals surface area (Å²) in [6.45, 7) is 12.7. The van der Waals surface area contributed by atoms with Gasteiger partial charge in [0.05, 0.1) is 0 Å². The summed E-state index contributed by atoms with van der Waals surface area (Å²) in [4.78, 5) is 1.57. The third-order valence-corrected chi connectivity index (χ3v) is 5.41. The van der Waals surface area contributed by atoms with E-state index in [1.807, 2.05) is 0 Å². The van der Waals surface area contributed by atoms with Crippen LogP contribution >= 0.6 is 0 Å². The second-order valence-electron chi connectivity index (χ2n) is 8.03. The summed E-state index contributed by atoms with van der Waals surface area (Å²) in [5.41, 5.74) is 2.62. The Morgan fingerprint density at radius 1 is 0.923 bits per heavy atom. The summed E-state index contributed by atoms with van der Waals surface area (Å²) in [5.74, 6) is 0.950. The van der Waals surface area contributed by atoms with E-state index in [1.54, 1.807) is 4.90 Å². The lowest BCUT2D eigenvalue weighted by molar-refractivity contribution is -0.915. The second kappa shape index (κ2) is 8.24. The SMILES string of the molecule is C[C@H]1C[NH+](CCOc2ccc(C(C)(C)c3ccccc3)cc2)C[C@H](C)O1. The lowest BCUT2D eigenvalue weighted by Crippen LogP contribution is -3.16. The minimum Gasteiger partial charge on any atom is -0.488 e. The van der Waals surface area contributed by atoms with Crippen molar-refractivity contribution in [3.05, 3.63) is 65.7 Å². The number of hydrogen-bond donors (Lipinski definition) is 1. The Hall–Kier alpha value is -1.84. The highest BCUT2D eigenvalue weighted by Gasteiger charge is 2.25. The van der Waals surface area contributed by atoms with Gasteiger partial charge >= 0.3 is 0 Å². The van der Waals surface area contributed by atoms with E-state index in [1.165, 1.54) is 11.1 Å². The van der Waals surface area contributed by atoms with Crippen molar-refractivity contribution in [1.82, 2.24) is 0 Å². The lowest BCUT2D eigenvalue weighted by atomic mass is 9.78. The molecule has 0 saturated carbocycles. The molecular weight excluding hydrogens is 322 g/mol. The van der Waals surface area contributed by atoms with Crippen LogP contribution in [0.4, 0.5) is 0 Å². The number of quaternary nitrogens is 1. The van der Waals surface area contributed by atoms with Crippen LogP contribution in [-0.2, 0) is 10.2 Å². The Morgan fingerprint density at radius 2 is 1.50 bits per heavy atom. The molecule has 1 fully saturated rings. The van der Waals surface area contributed by atoms with Gasteiger partial charge in [-0.3, -0.25) is 0 Å². The van der Waals surface area contributed by atoms with Gasteiger partial charge in [-0.2, -0.15) is 0 Å². The van der Waals surface area contributed by atoms with E-state index in [0.717, 1.165) is 32.0 Å². The molecule has 0 amide bonds. The Labute approximate surface area is 157 Å². The summed E-state index contributed by atoms with van der Waals surface area (Å²) in [6, 6.07) is 19.2. The van der Waals surface area contributed by atoms with Crippen molar-refractivity contribution in [3.8, 4) is 5.75 Å². The van der Waals surface area contributed by atoms with Gasteiger partial charge in [0, 0.05) is 5.41 Å². The van der Waals surface area contributed by atoms with Crippen LogP contribution in [0.25, 0.3) is 0 Å². The largest absolute Gasteiger partial charge is 0.488 e. The lowest BCUT2D eigenvalue weighted by Gasteiger charge is -2.32. The molecule has 3 heteroatoms. The first kappa shape index (κ1) is 18.9. The van der Waals surface area contributed by atoms with Crippen molar-refractivity contribution in [1.29, 1.82) is 0 Å². The summed E-state index contributed by atoms with van der Waals surface area (Å²) in [6.07, 6.45) is 0.682. The summed E-state index contributed by atoms with van der Waals surface area (Å²) < 4.78 is 11.8. The normalized spacial score (nSPS) is 23.6. The molecule has 3 nitrogen and oxygen atoms in total. The standard InChI is InChI=1S/C23H31NO2/c1-18-16-24(17-19(2)26-18)14-15-25-22-12-10-21(11-13-22)23(3,4)20-8-6-5-7-9-20/h5-13,18-19H,14-17H2,1-4H3/p+1/t18-,19-/m0/s1. The highest BCUT2D eigenvalue weighted by atomic mass is 16.5. The van der Waals surface area contributed by atoms with Crippen LogP contribution in [0.2, 0.25) is 0 Å². The van der Waals surface area contributed by atoms with E-state index in [0.29, 0.717) is 12.2 Å². The Bertz CT molecular complexity index is 671. The monoisotopic (exact) mass is 354 g/mol. The van der Waals surface area contributed by atoms with Crippen molar-refractivity contribution in [2.24, 2.45) is 0 Å². The highest BCUT2D eigenvalue weighted by molar-refractivity contribution is 5.39. The molecule has 0 unspecified atom stereocenters. The molecule has 1 saturated heterocycles. The van der Waals surface area contributed by atoms with Crippen molar-refractivity contribution in [2.45, 2.75) is 45.3 Å². The van der Waals surface area contributed by atoms with Gasteiger partial charge in [-0.15, -0.1) is 0 Å². The Kier molecular flexibility index (Phi) is 6.00. The molecule has 1 aliphatic rings. The molecule has 2 aromatic carbocycles. The van der Waals surface area contributed by atoms with E-state index < -0.39 is 0 Å². The number of benzene rings is 2. The molecular formula is C23H32NO2+. The fraction of sp³-hybridized carbons (Fsp3) is 0.478. The quantitative estimate of drug-likeness (QED) is 0.861. The molecule has 140 valence electrons. The fourth-order valence-corrected chi connectivity index (χ4v) is 3.90. The van der Waals surface area contributed by atoms with Crippen LogP contribution in [0.1, 0.15) is 38.8 Å². The Balaban J connectivity index is 1.55. The first-order valence-electron chi connectivity index (χ1n) is 9.73. The highest BCUT2D eigenvalue weighted by Crippen LogP contribution is 2.32. The molecule has 0 spiro atoms. The molecule has 1 heterocycles. The van der Waals surface area contributed by atoms with Crippen molar-refractivity contribution >= 4 is 0 Å². The van der Waals surface area contributed by atoms with Gasteiger partial charge in [-0.1, -0.05) is 56.3 Å². The van der Waals surface area contributed by atoms with Crippen molar-refractivity contribution < 1.29 is 14.4 Å². The van der Waals surface area contributed by atoms with Crippen LogP contribution in [0.5, 0.6) is 5.75 Å². The number of nitrogens with one attached hydrogen (secondary N) is 1. The maximum atomic E-state index is 5.99. The van der Waals surface area contributed by atoms with E-state index in [2.05, 4.69) is 82.3 Å². The van der Waals surface area contributed by atoms with Crippen molar-refractivity contribution in [2.75, 3.05) is 26.2 Å². The summed E-state index contributed by atoms with van der Waals surface area (Å²) >= 11 is 0. The average Bonchev–Trinajstić information content (AvgIpc) is 2.62. The molecule has 26 heavy (non-hydrogen) atoms. The zero-order valence-electron chi connectivity index (χ0n) is 16.5. The number of ether oxygens (including phenoxy) is 2. The predicted octanol–water partition coefficient (Wildman–Crippen LogP) is 3.08. The van der Waals surface area contributed by atoms with Crippen LogP contribution in [-0.4, -0.2) is 38.4 Å². The van der Waals surface area contributed by atoms with Crippen LogP contribution in [0.3, 0.4) is 0 Å². The molecule has 0 radical (unpaired) electrons. The second-order valence-corrected chi connectivity index (χ2v) is 8.03. The predicted molar refractivity (Wildman–Crippen MR) is 106 cm³/mol. The average molecular weight is 355 g/mol. The third kappa shape index (κ3) is 4.66. The zero-order valence-corrected chi connectivity index (χ0v) is 16.5. The molecule has 3 rings (SSSR count). The van der Waals surface area contributed by atoms with E-state index in [4.69, 9.17) is 9.47 Å². The molecule has 2 atom stereocenters. The zero-order chi connectivity index (χ0) is 18.6. The third-order valence-electron chi connectivity index (χ3n) is 5.41. The van der Waals surface area contributed by atoms with Crippen LogP contribution in [0.15, 0.2) is 54.6 Å². The minimum atomic E-state index is -0.00990. The van der Waals surface area contributed by atoms with Gasteiger partial charge in [0.2, 0.25) is 0 Å². The first-order chi connectivity index (χ1) is 12.4. The maximum Gasteiger partial charge on any atom is 0.137 e. The number of morpholine rings is 1. The van der Waals surface area contributed by atoms with Gasteiger partial charge in [-0.25, -0.2) is 0 Å². The summed E-state index contributed by atoms with van der Waals surface area (Å²) in [5, 5.41) is 0. The van der Waals surface area contributed by atoms with E-state index >= 15 is 0 Å². The number of rotatable bonds is 6. The van der Waals surface area contributed by atoms with Gasteiger partial charge < -0.3 is 14.4 Å². The van der Waals surface area contributed by atoms with Gasteiger partial charge in [-0.05, 0) is 37.1 Å². The molecule has 0 aliphatic carbocycles. The van der Waals surface area contributed by atoms with Crippen LogP contribution in [0, 0.1) is 0 Å². The molecule has 2 aromatic rings. The maximum absolute atomic E-state index is 5.99. The molecule has 1 aliphatic heterocycles. The van der Waals surface area contributed by atoms with Gasteiger partial charge in [0.1, 0.15) is 44.2 Å². The van der Waals surface area contributed by atoms with Crippen molar-refractivity contribution in [3.63, 3.8) is 0 Å². The Morgan fingerprint density at radius 3 is 2.12 bits per heavy atom. The smallest absolute Gasteiger partial charge is 0.137 e. The molecule has 0 aromatic heterocycles. The first-order valence-corrected chi connectivity index (χ1v) is 9.73. The van der Waals surface area contributed by atoms with Gasteiger partial charge in [0.25, 0.3) is 0 Å². The topological polar surface area (TPSA) is 22.9 Å². The van der Waals surface area contributed by atoms with Crippen LogP contribution < -0.4 is 9.64 Å². The van der Waals surface area contributed by atoms with E-state index in [9.17, 15) is 0 Å². The number of hydrogen-bond acceptors (Lipinski definition) is 2. The molecule has 0 bridgehead atoms. The summed E-state index contributed by atoms with van der Waals surface area (Å²) in [7, 11) is 0. The van der Waals surface area contributed by atoms with Gasteiger partial charge in [0.15, 0.2) is 0 Å².